The van der Waals surface area contributed by atoms with Crippen molar-refractivity contribution in [2.75, 3.05) is 24.7 Å². The highest BCUT2D eigenvalue weighted by Crippen LogP contribution is 2.34. The molecule has 0 bridgehead atoms. The van der Waals surface area contributed by atoms with E-state index in [1.165, 1.54) is 11.1 Å². The summed E-state index contributed by atoms with van der Waals surface area (Å²) in [5.74, 6) is 1.54. The molecule has 0 radical (unpaired) electrons. The SMILES string of the molecule is CC(C)(C)c1cc(N=Nc2ccc(OCCCCCCOc3ccc(N)cc3N)cc2)cc(C(C)(C)C)c1. The molecule has 0 aliphatic heterocycles. The first-order chi connectivity index (χ1) is 17.9. The number of ether oxygens (including phenoxy) is 2. The quantitative estimate of drug-likeness (QED) is 0.151. The predicted octanol–water partition coefficient (Wildman–Crippen LogP) is 8.88. The van der Waals surface area contributed by atoms with Gasteiger partial charge in [0, 0.05) is 5.69 Å². The summed E-state index contributed by atoms with van der Waals surface area (Å²) in [5, 5.41) is 9.03. The van der Waals surface area contributed by atoms with Crippen LogP contribution in [0.5, 0.6) is 11.5 Å². The molecule has 4 N–H and O–H groups in total. The maximum Gasteiger partial charge on any atom is 0.142 e. The molecule has 3 rings (SSSR count). The molecule has 0 spiro atoms. The molecule has 0 aromatic heterocycles. The van der Waals surface area contributed by atoms with Gasteiger partial charge >= 0.3 is 0 Å². The first-order valence-electron chi connectivity index (χ1n) is 13.5. The molecule has 0 unspecified atom stereocenters. The van der Waals surface area contributed by atoms with Gasteiger partial charge in [-0.1, -0.05) is 47.6 Å². The van der Waals surface area contributed by atoms with Gasteiger partial charge in [-0.15, -0.1) is 0 Å². The standard InChI is InChI=1S/C32H44N4O2/c1-31(2,3)23-19-24(32(4,5)6)21-27(20-23)36-35-26-12-14-28(15-13-26)37-17-9-7-8-10-18-38-30-16-11-25(33)22-29(30)34/h11-16,19-22H,7-10,17-18,33-34H2,1-6H3. The summed E-state index contributed by atoms with van der Waals surface area (Å²) < 4.78 is 11.6. The molecule has 0 heterocycles. The zero-order valence-electron chi connectivity index (χ0n) is 23.9. The van der Waals surface area contributed by atoms with E-state index in [1.54, 1.807) is 12.1 Å². The number of benzene rings is 3. The molecule has 204 valence electrons. The molecular formula is C32H44N4O2. The van der Waals surface area contributed by atoms with Gasteiger partial charge < -0.3 is 20.9 Å². The average Bonchev–Trinajstić information content (AvgIpc) is 2.85. The fourth-order valence-corrected chi connectivity index (χ4v) is 3.89. The minimum Gasteiger partial charge on any atom is -0.494 e. The lowest BCUT2D eigenvalue weighted by Gasteiger charge is -2.25. The minimum absolute atomic E-state index is 0.0461. The highest BCUT2D eigenvalue weighted by atomic mass is 16.5. The molecule has 0 saturated heterocycles. The molecule has 0 aliphatic carbocycles. The number of hydrogen-bond acceptors (Lipinski definition) is 6. The van der Waals surface area contributed by atoms with Gasteiger partial charge in [-0.2, -0.15) is 10.2 Å². The smallest absolute Gasteiger partial charge is 0.142 e. The highest BCUT2D eigenvalue weighted by molar-refractivity contribution is 5.60. The van der Waals surface area contributed by atoms with Crippen molar-refractivity contribution in [2.24, 2.45) is 10.2 Å². The number of nitrogens with two attached hydrogens (primary N) is 2. The fourth-order valence-electron chi connectivity index (χ4n) is 3.89. The summed E-state index contributed by atoms with van der Waals surface area (Å²) in [4.78, 5) is 0. The summed E-state index contributed by atoms with van der Waals surface area (Å²) >= 11 is 0. The predicted molar refractivity (Wildman–Crippen MR) is 159 cm³/mol. The zero-order valence-corrected chi connectivity index (χ0v) is 23.9. The Balaban J connectivity index is 1.42. The topological polar surface area (TPSA) is 95.2 Å². The Hall–Kier alpha value is -3.54. The number of nitrogen functional groups attached to an aromatic ring is 2. The number of azo groups is 1. The molecule has 0 amide bonds. The highest BCUT2D eigenvalue weighted by Gasteiger charge is 2.20. The van der Waals surface area contributed by atoms with Gasteiger partial charge in [0.15, 0.2) is 0 Å². The van der Waals surface area contributed by atoms with Crippen LogP contribution >= 0.6 is 0 Å². The van der Waals surface area contributed by atoms with E-state index in [9.17, 15) is 0 Å². The third-order valence-corrected chi connectivity index (χ3v) is 6.37. The molecule has 0 saturated carbocycles. The van der Waals surface area contributed by atoms with Gasteiger partial charge in [0.2, 0.25) is 0 Å². The molecule has 0 aliphatic rings. The molecule has 38 heavy (non-hydrogen) atoms. The molecule has 0 fully saturated rings. The second-order valence-corrected chi connectivity index (χ2v) is 11.9. The van der Waals surface area contributed by atoms with Crippen LogP contribution in [0.3, 0.4) is 0 Å². The van der Waals surface area contributed by atoms with Crippen molar-refractivity contribution in [3.8, 4) is 11.5 Å². The Bertz CT molecular complexity index is 1170. The van der Waals surface area contributed by atoms with Crippen molar-refractivity contribution in [3.05, 3.63) is 71.8 Å². The summed E-state index contributed by atoms with van der Waals surface area (Å²) in [5.41, 5.74) is 17.2. The second-order valence-electron chi connectivity index (χ2n) is 11.9. The van der Waals surface area contributed by atoms with Crippen molar-refractivity contribution in [1.82, 2.24) is 0 Å². The van der Waals surface area contributed by atoms with Crippen LogP contribution in [0.15, 0.2) is 70.9 Å². The number of hydrogen-bond donors (Lipinski definition) is 2. The monoisotopic (exact) mass is 516 g/mol. The number of unbranched alkanes of at least 4 members (excludes halogenated alkanes) is 3. The molecule has 0 atom stereocenters. The van der Waals surface area contributed by atoms with Gasteiger partial charge in [0.05, 0.1) is 30.3 Å². The molecular weight excluding hydrogens is 472 g/mol. The molecule has 6 heteroatoms. The Kier molecular flexibility index (Phi) is 9.78. The zero-order chi connectivity index (χ0) is 27.8. The van der Waals surface area contributed by atoms with Crippen LogP contribution in [-0.4, -0.2) is 13.2 Å². The Morgan fingerprint density at radius 1 is 0.605 bits per heavy atom. The lowest BCUT2D eigenvalue weighted by molar-refractivity contribution is 0.288. The van der Waals surface area contributed by atoms with Crippen molar-refractivity contribution < 1.29 is 9.47 Å². The third-order valence-electron chi connectivity index (χ3n) is 6.37. The van der Waals surface area contributed by atoms with E-state index < -0.39 is 0 Å². The van der Waals surface area contributed by atoms with E-state index in [0.717, 1.165) is 42.8 Å². The number of rotatable bonds is 11. The van der Waals surface area contributed by atoms with Gasteiger partial charge in [-0.3, -0.25) is 0 Å². The third kappa shape index (κ3) is 9.09. The summed E-state index contributed by atoms with van der Waals surface area (Å²) in [7, 11) is 0. The van der Waals surface area contributed by atoms with Gasteiger partial charge in [0.1, 0.15) is 11.5 Å². The Morgan fingerprint density at radius 3 is 1.71 bits per heavy atom. The second kappa shape index (κ2) is 12.8. The van der Waals surface area contributed by atoms with Gasteiger partial charge in [0.25, 0.3) is 0 Å². The molecule has 6 nitrogen and oxygen atoms in total. The van der Waals surface area contributed by atoms with Crippen molar-refractivity contribution in [1.29, 1.82) is 0 Å². The van der Waals surface area contributed by atoms with Crippen LogP contribution in [0.2, 0.25) is 0 Å². The van der Waals surface area contributed by atoms with E-state index in [-0.39, 0.29) is 10.8 Å². The summed E-state index contributed by atoms with van der Waals surface area (Å²) in [6.45, 7) is 14.7. The Labute approximate surface area is 228 Å². The van der Waals surface area contributed by atoms with Crippen molar-refractivity contribution in [3.63, 3.8) is 0 Å². The number of anilines is 2. The van der Waals surface area contributed by atoms with Crippen LogP contribution < -0.4 is 20.9 Å². The van der Waals surface area contributed by atoms with E-state index in [4.69, 9.17) is 20.9 Å². The van der Waals surface area contributed by atoms with Crippen LogP contribution in [0.1, 0.15) is 78.4 Å². The van der Waals surface area contributed by atoms with Gasteiger partial charge in [-0.25, -0.2) is 0 Å². The van der Waals surface area contributed by atoms with Crippen molar-refractivity contribution >= 4 is 22.7 Å². The lowest BCUT2D eigenvalue weighted by atomic mass is 9.80. The fraction of sp³-hybridized carbons (Fsp3) is 0.438. The lowest BCUT2D eigenvalue weighted by Crippen LogP contribution is -2.16. The van der Waals surface area contributed by atoms with E-state index in [0.29, 0.717) is 30.3 Å². The van der Waals surface area contributed by atoms with Crippen LogP contribution in [-0.2, 0) is 10.8 Å². The summed E-state index contributed by atoms with van der Waals surface area (Å²) in [6, 6.07) is 19.7. The molecule has 3 aromatic rings. The van der Waals surface area contributed by atoms with Crippen LogP contribution in [0.4, 0.5) is 22.7 Å². The number of nitrogens with zero attached hydrogens (tertiary/aromatic N) is 2. The van der Waals surface area contributed by atoms with Gasteiger partial charge in [-0.05, 0) is 102 Å². The first-order valence-corrected chi connectivity index (χ1v) is 13.5. The Morgan fingerprint density at radius 2 is 1.16 bits per heavy atom. The summed E-state index contributed by atoms with van der Waals surface area (Å²) in [6.07, 6.45) is 4.12. The van der Waals surface area contributed by atoms with E-state index >= 15 is 0 Å². The van der Waals surface area contributed by atoms with Crippen molar-refractivity contribution in [2.45, 2.75) is 78.1 Å². The largest absolute Gasteiger partial charge is 0.494 e. The first kappa shape index (κ1) is 29.0. The van der Waals surface area contributed by atoms with E-state index in [1.807, 2.05) is 30.3 Å². The molecule has 3 aromatic carbocycles. The minimum atomic E-state index is 0.0461. The maximum absolute atomic E-state index is 5.92. The average molecular weight is 517 g/mol. The maximum atomic E-state index is 5.92. The van der Waals surface area contributed by atoms with E-state index in [2.05, 4.69) is 70.0 Å². The normalized spacial score (nSPS) is 12.2. The van der Waals surface area contributed by atoms with Crippen LogP contribution in [0.25, 0.3) is 0 Å². The van der Waals surface area contributed by atoms with Crippen LogP contribution in [0, 0.1) is 0 Å².